The Hall–Kier alpha value is -2.15. The van der Waals surface area contributed by atoms with Gasteiger partial charge in [0.15, 0.2) is 6.20 Å². The highest BCUT2D eigenvalue weighted by Gasteiger charge is 2.18. The van der Waals surface area contributed by atoms with E-state index in [1.165, 1.54) is 51.6 Å². The number of fused-ring (bicyclic) bond motifs is 1. The van der Waals surface area contributed by atoms with E-state index in [4.69, 9.17) is 0 Å². The van der Waals surface area contributed by atoms with Gasteiger partial charge in [-0.2, -0.15) is 0 Å². The van der Waals surface area contributed by atoms with Crippen LogP contribution in [0.25, 0.3) is 22.0 Å². The minimum Gasteiger partial charge on any atom is -0.200 e. The van der Waals surface area contributed by atoms with E-state index in [9.17, 15) is 0 Å². The average molecular weight is 318 g/mol. The first-order valence-corrected chi connectivity index (χ1v) is 9.05. The van der Waals surface area contributed by atoms with E-state index in [0.29, 0.717) is 5.92 Å². The van der Waals surface area contributed by atoms with Crippen LogP contribution in [0, 0.1) is 13.8 Å². The van der Waals surface area contributed by atoms with Crippen molar-refractivity contribution in [2.45, 2.75) is 46.5 Å². The van der Waals surface area contributed by atoms with Crippen molar-refractivity contribution in [2.75, 3.05) is 0 Å². The van der Waals surface area contributed by atoms with Crippen LogP contribution in [0.1, 0.15) is 49.3 Å². The third-order valence-electron chi connectivity index (χ3n) is 5.27. The molecule has 1 heteroatoms. The lowest BCUT2D eigenvalue weighted by molar-refractivity contribution is -0.659. The number of hydrogen-bond acceptors (Lipinski definition) is 0. The predicted octanol–water partition coefficient (Wildman–Crippen LogP) is 5.85. The fourth-order valence-corrected chi connectivity index (χ4v) is 3.73. The molecule has 3 rings (SSSR count). The molecular formula is C23H28N+. The van der Waals surface area contributed by atoms with Crippen LogP contribution >= 0.6 is 0 Å². The van der Waals surface area contributed by atoms with E-state index in [1.54, 1.807) is 0 Å². The zero-order valence-electron chi connectivity index (χ0n) is 15.6. The number of pyridine rings is 1. The van der Waals surface area contributed by atoms with Gasteiger partial charge in [-0.1, -0.05) is 43.7 Å². The minimum atomic E-state index is 0.660. The van der Waals surface area contributed by atoms with E-state index in [2.05, 4.69) is 88.0 Å². The smallest absolute Gasteiger partial charge is 0.200 e. The Morgan fingerprint density at radius 2 is 1.67 bits per heavy atom. The Labute approximate surface area is 146 Å². The summed E-state index contributed by atoms with van der Waals surface area (Å²) in [6, 6.07) is 16.0. The summed E-state index contributed by atoms with van der Waals surface area (Å²) in [4.78, 5) is 0. The van der Waals surface area contributed by atoms with E-state index in [0.717, 1.165) is 0 Å². The molecule has 1 aromatic heterocycles. The van der Waals surface area contributed by atoms with Crippen LogP contribution in [0.15, 0.2) is 48.7 Å². The third-order valence-corrected chi connectivity index (χ3v) is 5.27. The summed E-state index contributed by atoms with van der Waals surface area (Å²) < 4.78 is 2.25. The molecule has 0 fully saturated rings. The molecular weight excluding hydrogens is 290 g/mol. The van der Waals surface area contributed by atoms with Crippen LogP contribution in [0.4, 0.5) is 0 Å². The highest BCUT2D eigenvalue weighted by Crippen LogP contribution is 2.31. The molecule has 24 heavy (non-hydrogen) atoms. The van der Waals surface area contributed by atoms with Crippen LogP contribution in [0.5, 0.6) is 0 Å². The van der Waals surface area contributed by atoms with Crippen molar-refractivity contribution >= 4 is 10.8 Å². The number of rotatable bonds is 4. The SMILES string of the molecule is CCC(CC)c1ccc2c(-c3cc(C)ccc3C)[n+](C)ccc2c1. The molecule has 0 bridgehead atoms. The molecule has 0 aliphatic heterocycles. The molecule has 1 nitrogen and oxygen atoms in total. The monoisotopic (exact) mass is 318 g/mol. The second-order valence-corrected chi connectivity index (χ2v) is 6.95. The van der Waals surface area contributed by atoms with Gasteiger partial charge in [-0.15, -0.1) is 0 Å². The lowest BCUT2D eigenvalue weighted by atomic mass is 9.91. The first-order chi connectivity index (χ1) is 11.5. The van der Waals surface area contributed by atoms with Crippen LogP contribution in [-0.4, -0.2) is 0 Å². The van der Waals surface area contributed by atoms with Crippen LogP contribution < -0.4 is 4.57 Å². The quantitative estimate of drug-likeness (QED) is 0.531. The lowest BCUT2D eigenvalue weighted by Gasteiger charge is -2.14. The van der Waals surface area contributed by atoms with E-state index in [1.807, 2.05) is 0 Å². The summed E-state index contributed by atoms with van der Waals surface area (Å²) in [6.45, 7) is 8.93. The zero-order chi connectivity index (χ0) is 17.3. The van der Waals surface area contributed by atoms with Crippen molar-refractivity contribution in [3.8, 4) is 11.3 Å². The van der Waals surface area contributed by atoms with E-state index in [-0.39, 0.29) is 0 Å². The molecule has 0 N–H and O–H groups in total. The molecule has 0 saturated heterocycles. The van der Waals surface area contributed by atoms with Gasteiger partial charge in [0, 0.05) is 11.6 Å². The van der Waals surface area contributed by atoms with Gasteiger partial charge in [-0.05, 0) is 61.3 Å². The molecule has 0 radical (unpaired) electrons. The number of aryl methyl sites for hydroxylation is 3. The van der Waals surface area contributed by atoms with Crippen molar-refractivity contribution in [1.82, 2.24) is 0 Å². The van der Waals surface area contributed by atoms with Gasteiger partial charge in [0.2, 0.25) is 5.69 Å². The van der Waals surface area contributed by atoms with Crippen LogP contribution in [0.3, 0.4) is 0 Å². The van der Waals surface area contributed by atoms with Crippen LogP contribution in [0.2, 0.25) is 0 Å². The Bertz CT molecular complexity index is 873. The second-order valence-electron chi connectivity index (χ2n) is 6.95. The predicted molar refractivity (Wildman–Crippen MR) is 103 cm³/mol. The van der Waals surface area contributed by atoms with Gasteiger partial charge in [0.1, 0.15) is 7.05 Å². The van der Waals surface area contributed by atoms with E-state index < -0.39 is 0 Å². The maximum atomic E-state index is 2.39. The standard InChI is InChI=1S/C23H28N/c1-6-18(7-2)19-10-11-21-20(15-19)12-13-24(5)23(21)22-14-16(3)8-9-17(22)4/h8-15,18H,6-7H2,1-5H3/q+1. The molecule has 0 aliphatic rings. The van der Waals surface area contributed by atoms with Gasteiger partial charge in [0.05, 0.1) is 5.39 Å². The van der Waals surface area contributed by atoms with Crippen LogP contribution in [-0.2, 0) is 7.05 Å². The Balaban J connectivity index is 2.25. The van der Waals surface area contributed by atoms with Crippen molar-refractivity contribution < 1.29 is 4.57 Å². The van der Waals surface area contributed by atoms with Gasteiger partial charge in [-0.3, -0.25) is 0 Å². The summed E-state index contributed by atoms with van der Waals surface area (Å²) >= 11 is 0. The molecule has 0 aliphatic carbocycles. The summed E-state index contributed by atoms with van der Waals surface area (Å²) in [7, 11) is 2.14. The summed E-state index contributed by atoms with van der Waals surface area (Å²) in [5.41, 5.74) is 6.74. The van der Waals surface area contributed by atoms with Crippen molar-refractivity contribution in [1.29, 1.82) is 0 Å². The molecule has 3 aromatic rings. The average Bonchev–Trinajstić information content (AvgIpc) is 2.58. The van der Waals surface area contributed by atoms with Gasteiger partial charge in [-0.25, -0.2) is 4.57 Å². The maximum absolute atomic E-state index is 2.39. The minimum absolute atomic E-state index is 0.660. The maximum Gasteiger partial charge on any atom is 0.220 e. The highest BCUT2D eigenvalue weighted by molar-refractivity contribution is 5.94. The van der Waals surface area contributed by atoms with Crippen molar-refractivity contribution in [2.24, 2.45) is 7.05 Å². The molecule has 1 heterocycles. The largest absolute Gasteiger partial charge is 0.220 e. The fourth-order valence-electron chi connectivity index (χ4n) is 3.73. The van der Waals surface area contributed by atoms with Crippen molar-refractivity contribution in [3.05, 3.63) is 65.4 Å². The highest BCUT2D eigenvalue weighted by atomic mass is 14.9. The normalized spacial score (nSPS) is 11.4. The Morgan fingerprint density at radius 1 is 0.917 bits per heavy atom. The molecule has 0 unspecified atom stereocenters. The third kappa shape index (κ3) is 2.96. The van der Waals surface area contributed by atoms with E-state index >= 15 is 0 Å². The molecule has 0 amide bonds. The molecule has 0 atom stereocenters. The summed E-state index contributed by atoms with van der Waals surface area (Å²) in [5.74, 6) is 0.660. The Kier molecular flexibility index (Phi) is 4.71. The fraction of sp³-hybridized carbons (Fsp3) is 0.348. The zero-order valence-corrected chi connectivity index (χ0v) is 15.6. The molecule has 0 saturated carbocycles. The second kappa shape index (κ2) is 6.76. The summed E-state index contributed by atoms with van der Waals surface area (Å²) in [6.07, 6.45) is 4.59. The van der Waals surface area contributed by atoms with Crippen molar-refractivity contribution in [3.63, 3.8) is 0 Å². The first kappa shape index (κ1) is 16.7. The first-order valence-electron chi connectivity index (χ1n) is 9.05. The van der Waals surface area contributed by atoms with Gasteiger partial charge < -0.3 is 0 Å². The topological polar surface area (TPSA) is 3.88 Å². The van der Waals surface area contributed by atoms with Gasteiger partial charge >= 0.3 is 0 Å². The Morgan fingerprint density at radius 3 is 2.38 bits per heavy atom. The number of aromatic nitrogens is 1. The molecule has 124 valence electrons. The van der Waals surface area contributed by atoms with Gasteiger partial charge in [0.25, 0.3) is 0 Å². The number of nitrogens with zero attached hydrogens (tertiary/aromatic N) is 1. The molecule has 2 aromatic carbocycles. The lowest BCUT2D eigenvalue weighted by Crippen LogP contribution is -2.30. The summed E-state index contributed by atoms with van der Waals surface area (Å²) in [5, 5.41) is 2.68. The molecule has 0 spiro atoms. The number of hydrogen-bond donors (Lipinski definition) is 0. The number of benzene rings is 2.